The van der Waals surface area contributed by atoms with Gasteiger partial charge in [-0.05, 0) is 32.3 Å². The van der Waals surface area contributed by atoms with Crippen LogP contribution in [-0.4, -0.2) is 36.5 Å². The van der Waals surface area contributed by atoms with Crippen LogP contribution in [0.4, 0.5) is 0 Å². The first kappa shape index (κ1) is 21.0. The Morgan fingerprint density at radius 2 is 1.80 bits per heavy atom. The summed E-state index contributed by atoms with van der Waals surface area (Å²) in [6, 6.07) is 9.56. The molecule has 0 aliphatic carbocycles. The number of benzene rings is 1. The lowest BCUT2D eigenvalue weighted by Gasteiger charge is -2.12. The Morgan fingerprint density at radius 1 is 1.20 bits per heavy atom. The first-order valence-electron chi connectivity index (χ1n) is 7.95. The first-order valence-corrected chi connectivity index (χ1v) is 9.49. The van der Waals surface area contributed by atoms with Crippen LogP contribution < -0.4 is 0 Å². The van der Waals surface area contributed by atoms with Gasteiger partial charge in [-0.15, -0.1) is 0 Å². The van der Waals surface area contributed by atoms with Crippen molar-refractivity contribution in [3.05, 3.63) is 53.1 Å². The molecule has 0 saturated heterocycles. The third kappa shape index (κ3) is 6.40. The molecule has 0 fully saturated rings. The Kier molecular flexibility index (Phi) is 9.03. The molecular weight excluding hydrogens is 343 g/mol. The lowest BCUT2D eigenvalue weighted by Crippen LogP contribution is -2.12. The van der Waals surface area contributed by atoms with Gasteiger partial charge in [-0.3, -0.25) is 0 Å². The van der Waals surface area contributed by atoms with Gasteiger partial charge in [0.05, 0.1) is 20.3 Å². The lowest BCUT2D eigenvalue weighted by molar-refractivity contribution is -0.136. The molecule has 0 N–H and O–H groups in total. The van der Waals surface area contributed by atoms with Gasteiger partial charge in [0.25, 0.3) is 0 Å². The standard InChI is InChI=1S/C17H23N2O5P/c1-4-23-25(21,24-5-2)16(19-18)13-15(17(20)22-3)12-11-14-9-7-6-8-10-14/h6-10,13H,4-5,11-12H2,1-3H3/b15-13+. The van der Waals surface area contributed by atoms with E-state index in [1.807, 2.05) is 30.3 Å². The van der Waals surface area contributed by atoms with Gasteiger partial charge in [0.2, 0.25) is 0 Å². The normalized spacial score (nSPS) is 11.7. The van der Waals surface area contributed by atoms with Crippen LogP contribution >= 0.6 is 7.60 Å². The summed E-state index contributed by atoms with van der Waals surface area (Å²) in [6.45, 7) is 3.48. The number of carbonyl (C=O) groups is 1. The van der Waals surface area contributed by atoms with E-state index in [4.69, 9.17) is 13.8 Å². The van der Waals surface area contributed by atoms with Crippen molar-refractivity contribution in [3.8, 4) is 0 Å². The fraction of sp³-hybridized carbons (Fsp3) is 0.412. The van der Waals surface area contributed by atoms with Crippen molar-refractivity contribution in [1.29, 1.82) is 0 Å². The summed E-state index contributed by atoms with van der Waals surface area (Å²) < 4.78 is 27.8. The molecule has 1 rings (SSSR count). The van der Waals surface area contributed by atoms with E-state index in [-0.39, 0.29) is 24.2 Å². The predicted octanol–water partition coefficient (Wildman–Crippen LogP) is 3.61. The predicted molar refractivity (Wildman–Crippen MR) is 94.3 cm³/mol. The van der Waals surface area contributed by atoms with Crippen molar-refractivity contribution in [3.63, 3.8) is 0 Å². The van der Waals surface area contributed by atoms with Crippen molar-refractivity contribution in [2.45, 2.75) is 26.7 Å². The molecule has 8 heteroatoms. The summed E-state index contributed by atoms with van der Waals surface area (Å²) in [7, 11) is -2.56. The van der Waals surface area contributed by atoms with Crippen LogP contribution in [0, 0.1) is 0 Å². The second kappa shape index (κ2) is 10.7. The molecule has 0 aliphatic rings. The summed E-state index contributed by atoms with van der Waals surface area (Å²) in [4.78, 5) is 15.1. The summed E-state index contributed by atoms with van der Waals surface area (Å²) in [5.74, 6) is -0.600. The highest BCUT2D eigenvalue weighted by molar-refractivity contribution is 7.72. The van der Waals surface area contributed by atoms with Gasteiger partial charge in [0.15, 0.2) is 0 Å². The minimum atomic E-state index is -3.81. The van der Waals surface area contributed by atoms with Gasteiger partial charge in [0, 0.05) is 11.6 Å². The van der Waals surface area contributed by atoms with Crippen LogP contribution in [0.3, 0.4) is 0 Å². The maximum Gasteiger partial charge on any atom is 0.442 e. The molecule has 0 radical (unpaired) electrons. The molecule has 0 heterocycles. The van der Waals surface area contributed by atoms with Crippen LogP contribution in [0.15, 0.2) is 42.0 Å². The number of rotatable bonds is 10. The van der Waals surface area contributed by atoms with Crippen LogP contribution in [0.1, 0.15) is 25.8 Å². The van der Waals surface area contributed by atoms with Gasteiger partial charge in [-0.2, -0.15) is 4.79 Å². The molecular formula is C17H23N2O5P. The van der Waals surface area contributed by atoms with Crippen molar-refractivity contribution in [2.75, 3.05) is 20.3 Å². The Balaban J connectivity index is 3.12. The second-order valence-electron chi connectivity index (χ2n) is 4.94. The molecule has 0 aromatic heterocycles. The van der Waals surface area contributed by atoms with Crippen molar-refractivity contribution in [2.24, 2.45) is 0 Å². The number of nitrogens with zero attached hydrogens (tertiary/aromatic N) is 2. The molecule has 0 aliphatic heterocycles. The molecule has 0 saturated carbocycles. The number of hydrogen-bond donors (Lipinski definition) is 0. The molecule has 136 valence electrons. The fourth-order valence-electron chi connectivity index (χ4n) is 2.12. The van der Waals surface area contributed by atoms with Crippen molar-refractivity contribution < 1.29 is 27.9 Å². The topological polar surface area (TPSA) is 98.2 Å². The number of ether oxygens (including phenoxy) is 1. The second-order valence-corrected chi connectivity index (χ2v) is 6.91. The van der Waals surface area contributed by atoms with E-state index in [1.165, 1.54) is 13.2 Å². The molecule has 0 unspecified atom stereocenters. The Bertz CT molecular complexity index is 686. The highest BCUT2D eigenvalue weighted by atomic mass is 31.2. The minimum absolute atomic E-state index is 0.0989. The van der Waals surface area contributed by atoms with Crippen LogP contribution in [0.25, 0.3) is 5.53 Å². The Labute approximate surface area is 147 Å². The zero-order chi connectivity index (χ0) is 18.7. The zero-order valence-electron chi connectivity index (χ0n) is 14.7. The molecule has 0 spiro atoms. The number of allylic oxidation sites excluding steroid dienone is 1. The van der Waals surface area contributed by atoms with Crippen LogP contribution in [-0.2, 0) is 29.6 Å². The van der Waals surface area contributed by atoms with E-state index >= 15 is 0 Å². The van der Waals surface area contributed by atoms with E-state index in [9.17, 15) is 14.9 Å². The number of hydrogen-bond acceptors (Lipinski definition) is 5. The van der Waals surface area contributed by atoms with E-state index in [1.54, 1.807) is 13.8 Å². The summed E-state index contributed by atoms with van der Waals surface area (Å²) in [6.07, 6.45) is 2.09. The van der Waals surface area contributed by atoms with Gasteiger partial charge in [0.1, 0.15) is 0 Å². The average molecular weight is 366 g/mol. The van der Waals surface area contributed by atoms with E-state index in [0.717, 1.165) is 5.56 Å². The molecule has 0 amide bonds. The van der Waals surface area contributed by atoms with Gasteiger partial charge in [-0.25, -0.2) is 9.36 Å². The molecule has 0 atom stereocenters. The molecule has 1 aromatic carbocycles. The molecule has 1 aromatic rings. The van der Waals surface area contributed by atoms with Crippen molar-refractivity contribution in [1.82, 2.24) is 0 Å². The summed E-state index contributed by atoms with van der Waals surface area (Å²) >= 11 is 0. The highest BCUT2D eigenvalue weighted by Crippen LogP contribution is 2.49. The number of esters is 1. The van der Waals surface area contributed by atoms with Gasteiger partial charge >= 0.3 is 19.0 Å². The smallest absolute Gasteiger partial charge is 0.442 e. The maximum atomic E-state index is 12.7. The Morgan fingerprint density at radius 3 is 2.28 bits per heavy atom. The minimum Gasteiger partial charge on any atom is -0.466 e. The van der Waals surface area contributed by atoms with Crippen LogP contribution in [0.5, 0.6) is 0 Å². The van der Waals surface area contributed by atoms with Crippen LogP contribution in [0.2, 0.25) is 0 Å². The largest absolute Gasteiger partial charge is 0.466 e. The number of aryl methyl sites for hydroxylation is 1. The third-order valence-corrected chi connectivity index (χ3v) is 5.23. The molecule has 25 heavy (non-hydrogen) atoms. The maximum absolute atomic E-state index is 12.7. The van der Waals surface area contributed by atoms with E-state index in [0.29, 0.717) is 12.8 Å². The fourth-order valence-corrected chi connectivity index (χ4v) is 3.56. The molecule has 7 nitrogen and oxygen atoms in total. The summed E-state index contributed by atoms with van der Waals surface area (Å²) in [5.41, 5.74) is 10.2. The number of carbonyl (C=O) groups excluding carboxylic acids is 1. The van der Waals surface area contributed by atoms with E-state index in [2.05, 4.69) is 4.79 Å². The number of methoxy groups -OCH3 is 1. The van der Waals surface area contributed by atoms with E-state index < -0.39 is 13.6 Å². The lowest BCUT2D eigenvalue weighted by atomic mass is 10.0. The quantitative estimate of drug-likeness (QED) is 0.157. The SMILES string of the molecule is CCOP(=O)(OCC)C(/C=C(\CCc1ccccc1)C(=O)OC)=[N+]=[N-]. The summed E-state index contributed by atoms with van der Waals surface area (Å²) in [5, 5.41) is 0. The van der Waals surface area contributed by atoms with Crippen molar-refractivity contribution >= 4 is 19.0 Å². The Hall–Kier alpha value is -2.04. The molecule has 0 bridgehead atoms. The third-order valence-electron chi connectivity index (χ3n) is 3.26. The average Bonchev–Trinajstić information content (AvgIpc) is 2.62. The first-order chi connectivity index (χ1) is 12.0. The van der Waals surface area contributed by atoms with Gasteiger partial charge < -0.3 is 19.3 Å². The monoisotopic (exact) mass is 366 g/mol. The van der Waals surface area contributed by atoms with Gasteiger partial charge in [-0.1, -0.05) is 30.3 Å². The highest BCUT2D eigenvalue weighted by Gasteiger charge is 2.38. The zero-order valence-corrected chi connectivity index (χ0v) is 15.6.